The van der Waals surface area contributed by atoms with E-state index in [-0.39, 0.29) is 18.0 Å². The molecule has 0 radical (unpaired) electrons. The lowest BCUT2D eigenvalue weighted by Crippen LogP contribution is -2.35. The monoisotopic (exact) mass is 346 g/mol. The van der Waals surface area contributed by atoms with Gasteiger partial charge in [0.2, 0.25) is 5.91 Å². The number of rotatable bonds is 3. The standard InChI is InChI=1S/C20H18N4O2/c1-13-6-5-7-14(10-13)23(2)18(25)12-24-20(26)19-16(11-21-24)15-8-3-4-9-17(15)22-19/h3-11,22H,12H2,1-2H3. The maximum atomic E-state index is 12.7. The van der Waals surface area contributed by atoms with E-state index >= 15 is 0 Å². The molecule has 1 amide bonds. The Morgan fingerprint density at radius 2 is 1.96 bits per heavy atom. The van der Waals surface area contributed by atoms with Gasteiger partial charge in [0.25, 0.3) is 5.56 Å². The first-order valence-corrected chi connectivity index (χ1v) is 8.34. The van der Waals surface area contributed by atoms with E-state index in [2.05, 4.69) is 10.1 Å². The summed E-state index contributed by atoms with van der Waals surface area (Å²) in [5, 5.41) is 5.91. The molecule has 0 saturated heterocycles. The zero-order chi connectivity index (χ0) is 18.3. The van der Waals surface area contributed by atoms with Gasteiger partial charge in [-0.1, -0.05) is 30.3 Å². The molecule has 2 heterocycles. The van der Waals surface area contributed by atoms with E-state index in [9.17, 15) is 9.59 Å². The molecule has 6 nitrogen and oxygen atoms in total. The van der Waals surface area contributed by atoms with Crippen molar-refractivity contribution in [3.63, 3.8) is 0 Å². The molecule has 0 aliphatic rings. The quantitative estimate of drug-likeness (QED) is 0.620. The number of likely N-dealkylation sites (N-methyl/N-ethyl adjacent to an activating group) is 1. The van der Waals surface area contributed by atoms with E-state index < -0.39 is 0 Å². The molecular formula is C20H18N4O2. The van der Waals surface area contributed by atoms with Crippen molar-refractivity contribution in [2.75, 3.05) is 11.9 Å². The Morgan fingerprint density at radius 1 is 1.15 bits per heavy atom. The van der Waals surface area contributed by atoms with E-state index in [1.165, 1.54) is 9.58 Å². The topological polar surface area (TPSA) is 71.0 Å². The van der Waals surface area contributed by atoms with Gasteiger partial charge in [-0.25, -0.2) is 4.68 Å². The number of aryl methyl sites for hydroxylation is 1. The SMILES string of the molecule is Cc1cccc(N(C)C(=O)Cn2ncc3c([nH]c4ccccc43)c2=O)c1. The summed E-state index contributed by atoms with van der Waals surface area (Å²) >= 11 is 0. The number of nitrogens with one attached hydrogen (secondary N) is 1. The number of hydrogen-bond donors (Lipinski definition) is 1. The molecule has 26 heavy (non-hydrogen) atoms. The van der Waals surface area contributed by atoms with E-state index in [1.807, 2.05) is 55.5 Å². The molecule has 0 atom stereocenters. The summed E-state index contributed by atoms with van der Waals surface area (Å²) in [5.74, 6) is -0.208. The summed E-state index contributed by atoms with van der Waals surface area (Å²) in [6.45, 7) is 1.85. The number of aromatic amines is 1. The maximum Gasteiger partial charge on any atom is 0.291 e. The van der Waals surface area contributed by atoms with Gasteiger partial charge in [0, 0.05) is 29.0 Å². The third kappa shape index (κ3) is 2.65. The molecule has 0 aliphatic heterocycles. The number of benzene rings is 2. The van der Waals surface area contributed by atoms with Crippen molar-refractivity contribution in [3.8, 4) is 0 Å². The summed E-state index contributed by atoms with van der Waals surface area (Å²) < 4.78 is 1.20. The molecular weight excluding hydrogens is 328 g/mol. The third-order valence-electron chi connectivity index (χ3n) is 4.57. The Hall–Kier alpha value is -3.41. The van der Waals surface area contributed by atoms with Crippen molar-refractivity contribution >= 4 is 33.4 Å². The van der Waals surface area contributed by atoms with E-state index in [4.69, 9.17) is 0 Å². The first kappa shape index (κ1) is 16.1. The van der Waals surface area contributed by atoms with Crippen molar-refractivity contribution in [2.45, 2.75) is 13.5 Å². The van der Waals surface area contributed by atoms with Gasteiger partial charge in [0.1, 0.15) is 12.1 Å². The van der Waals surface area contributed by atoms with Crippen molar-refractivity contribution in [1.29, 1.82) is 0 Å². The number of hydrogen-bond acceptors (Lipinski definition) is 3. The summed E-state index contributed by atoms with van der Waals surface area (Å²) in [7, 11) is 1.70. The highest BCUT2D eigenvalue weighted by atomic mass is 16.2. The Kier molecular flexibility index (Phi) is 3.80. The van der Waals surface area contributed by atoms with Crippen LogP contribution in [0, 0.1) is 6.92 Å². The average molecular weight is 346 g/mol. The molecule has 4 aromatic rings. The molecule has 6 heteroatoms. The second-order valence-electron chi connectivity index (χ2n) is 6.36. The average Bonchev–Trinajstić information content (AvgIpc) is 3.03. The zero-order valence-corrected chi connectivity index (χ0v) is 14.6. The second-order valence-corrected chi connectivity index (χ2v) is 6.36. The van der Waals surface area contributed by atoms with Gasteiger partial charge < -0.3 is 9.88 Å². The lowest BCUT2D eigenvalue weighted by Gasteiger charge is -2.18. The Labute approximate surface area is 149 Å². The van der Waals surface area contributed by atoms with E-state index in [0.717, 1.165) is 27.5 Å². The maximum absolute atomic E-state index is 12.7. The number of carbonyl (C=O) groups excluding carboxylic acids is 1. The highest BCUT2D eigenvalue weighted by Gasteiger charge is 2.16. The molecule has 1 N–H and O–H groups in total. The lowest BCUT2D eigenvalue weighted by atomic mass is 10.2. The van der Waals surface area contributed by atoms with Crippen LogP contribution in [0.4, 0.5) is 5.69 Å². The Balaban J connectivity index is 1.69. The zero-order valence-electron chi connectivity index (χ0n) is 14.6. The summed E-state index contributed by atoms with van der Waals surface area (Å²) in [5.41, 5.74) is 2.89. The molecule has 130 valence electrons. The molecule has 0 unspecified atom stereocenters. The lowest BCUT2D eigenvalue weighted by molar-refractivity contribution is -0.119. The summed E-state index contributed by atoms with van der Waals surface area (Å²) in [6.07, 6.45) is 1.63. The van der Waals surface area contributed by atoms with Gasteiger partial charge in [-0.15, -0.1) is 0 Å². The Morgan fingerprint density at radius 3 is 2.77 bits per heavy atom. The van der Waals surface area contributed by atoms with Gasteiger partial charge in [-0.05, 0) is 30.7 Å². The second kappa shape index (κ2) is 6.15. The van der Waals surface area contributed by atoms with Gasteiger partial charge in [0.15, 0.2) is 0 Å². The minimum atomic E-state index is -0.301. The normalized spacial score (nSPS) is 11.2. The minimum Gasteiger partial charge on any atom is -0.350 e. The van der Waals surface area contributed by atoms with Crippen molar-refractivity contribution < 1.29 is 4.79 Å². The van der Waals surface area contributed by atoms with Crippen LogP contribution in [0.1, 0.15) is 5.56 Å². The molecule has 4 rings (SSSR count). The van der Waals surface area contributed by atoms with E-state index in [0.29, 0.717) is 5.52 Å². The van der Waals surface area contributed by atoms with Crippen LogP contribution in [-0.4, -0.2) is 27.7 Å². The van der Waals surface area contributed by atoms with Crippen LogP contribution in [0.2, 0.25) is 0 Å². The van der Waals surface area contributed by atoms with Crippen LogP contribution in [0.15, 0.2) is 59.5 Å². The molecule has 0 saturated carbocycles. The van der Waals surface area contributed by atoms with Crippen LogP contribution in [0.5, 0.6) is 0 Å². The number of H-pyrrole nitrogens is 1. The molecule has 0 bridgehead atoms. The number of fused-ring (bicyclic) bond motifs is 3. The molecule has 0 spiro atoms. The number of aromatic nitrogens is 3. The van der Waals surface area contributed by atoms with Gasteiger partial charge >= 0.3 is 0 Å². The van der Waals surface area contributed by atoms with Gasteiger partial charge in [-0.2, -0.15) is 5.10 Å². The molecule has 2 aromatic carbocycles. The fourth-order valence-corrected chi connectivity index (χ4v) is 3.10. The predicted octanol–water partition coefficient (Wildman–Crippen LogP) is 2.85. The fraction of sp³-hybridized carbons (Fsp3) is 0.150. The van der Waals surface area contributed by atoms with Gasteiger partial charge in [0.05, 0.1) is 6.20 Å². The van der Waals surface area contributed by atoms with Crippen molar-refractivity contribution in [1.82, 2.24) is 14.8 Å². The predicted molar refractivity (Wildman–Crippen MR) is 102 cm³/mol. The molecule has 0 aliphatic carbocycles. The molecule has 2 aromatic heterocycles. The number of carbonyl (C=O) groups is 1. The molecule has 0 fully saturated rings. The minimum absolute atomic E-state index is 0.116. The largest absolute Gasteiger partial charge is 0.350 e. The highest BCUT2D eigenvalue weighted by Crippen LogP contribution is 2.21. The number of para-hydroxylation sites is 1. The van der Waals surface area contributed by atoms with Crippen LogP contribution in [0.3, 0.4) is 0 Å². The smallest absolute Gasteiger partial charge is 0.291 e. The first-order valence-electron chi connectivity index (χ1n) is 8.34. The fourth-order valence-electron chi connectivity index (χ4n) is 3.10. The summed E-state index contributed by atoms with van der Waals surface area (Å²) in [6, 6.07) is 15.3. The Bertz CT molecular complexity index is 1190. The number of amides is 1. The van der Waals surface area contributed by atoms with Crippen LogP contribution >= 0.6 is 0 Å². The number of nitrogens with zero attached hydrogens (tertiary/aromatic N) is 3. The third-order valence-corrected chi connectivity index (χ3v) is 4.57. The van der Waals surface area contributed by atoms with Crippen molar-refractivity contribution in [2.24, 2.45) is 0 Å². The summed E-state index contributed by atoms with van der Waals surface area (Å²) in [4.78, 5) is 30.0. The number of anilines is 1. The van der Waals surface area contributed by atoms with Crippen LogP contribution in [-0.2, 0) is 11.3 Å². The highest BCUT2D eigenvalue weighted by molar-refractivity contribution is 6.06. The van der Waals surface area contributed by atoms with Crippen LogP contribution in [0.25, 0.3) is 21.8 Å². The van der Waals surface area contributed by atoms with Gasteiger partial charge in [-0.3, -0.25) is 9.59 Å². The van der Waals surface area contributed by atoms with Crippen molar-refractivity contribution in [3.05, 3.63) is 70.6 Å². The van der Waals surface area contributed by atoms with E-state index in [1.54, 1.807) is 13.2 Å². The van der Waals surface area contributed by atoms with Crippen LogP contribution < -0.4 is 10.5 Å². The first-order chi connectivity index (χ1) is 12.5.